The molecule has 0 bridgehead atoms. The van der Waals surface area contributed by atoms with Crippen molar-refractivity contribution >= 4 is 55.7 Å². The first-order chi connectivity index (χ1) is 10.9. The van der Waals surface area contributed by atoms with Gasteiger partial charge in [0.25, 0.3) is 6.47 Å². The maximum atomic E-state index is 12.2. The zero-order valence-electron chi connectivity index (χ0n) is 14.0. The number of ether oxygens (including phenoxy) is 1. The third kappa shape index (κ3) is 4.00. The second kappa shape index (κ2) is 7.27. The van der Waals surface area contributed by atoms with Gasteiger partial charge in [0.15, 0.2) is 22.8 Å². The summed E-state index contributed by atoms with van der Waals surface area (Å²) in [6.45, 7) is 8.58. The van der Waals surface area contributed by atoms with Crippen LogP contribution in [0.25, 0.3) is 0 Å². The standard InChI is InChI=1S/C12H8Br2O3.C5H10O2/c1-5(15)12(2)10(16)6-3-8(13)9(14)4-7(6)11(12)17;1-5(2,3)7-4-6/h3-4H,1-2H3;4H,1-3H3. The summed E-state index contributed by atoms with van der Waals surface area (Å²) in [7, 11) is 0. The van der Waals surface area contributed by atoms with Gasteiger partial charge in [-0.3, -0.25) is 19.2 Å². The molecule has 0 aromatic heterocycles. The largest absolute Gasteiger partial charge is 0.462 e. The van der Waals surface area contributed by atoms with Crippen LogP contribution in [0.1, 0.15) is 55.3 Å². The molecule has 0 saturated carbocycles. The van der Waals surface area contributed by atoms with E-state index in [0.29, 0.717) is 26.5 Å². The quantitative estimate of drug-likeness (QED) is 0.488. The monoisotopic (exact) mass is 460 g/mol. The summed E-state index contributed by atoms with van der Waals surface area (Å²) in [6, 6.07) is 3.15. The maximum absolute atomic E-state index is 12.2. The number of ketones is 3. The number of hydrogen-bond donors (Lipinski definition) is 0. The Kier molecular flexibility index (Phi) is 6.27. The number of halogens is 2. The minimum atomic E-state index is -1.55. The lowest BCUT2D eigenvalue weighted by atomic mass is 9.81. The van der Waals surface area contributed by atoms with Crippen LogP contribution in [0.15, 0.2) is 21.1 Å². The third-order valence-electron chi connectivity index (χ3n) is 3.56. The number of Topliss-reactive ketones (excluding diaryl/α,β-unsaturated/α-hetero) is 3. The van der Waals surface area contributed by atoms with Crippen molar-refractivity contribution in [2.45, 2.75) is 40.2 Å². The number of carbonyl (C=O) groups excluding carboxylic acids is 4. The highest BCUT2D eigenvalue weighted by molar-refractivity contribution is 9.13. The molecule has 0 amide bonds. The van der Waals surface area contributed by atoms with Crippen LogP contribution in [0.2, 0.25) is 0 Å². The average Bonchev–Trinajstić information content (AvgIpc) is 2.62. The van der Waals surface area contributed by atoms with E-state index in [2.05, 4.69) is 36.6 Å². The lowest BCUT2D eigenvalue weighted by Gasteiger charge is -2.15. The van der Waals surface area contributed by atoms with E-state index in [-0.39, 0.29) is 5.60 Å². The van der Waals surface area contributed by atoms with Gasteiger partial charge >= 0.3 is 0 Å². The Morgan fingerprint density at radius 1 is 1.08 bits per heavy atom. The van der Waals surface area contributed by atoms with Crippen LogP contribution in [-0.2, 0) is 14.3 Å². The summed E-state index contributed by atoms with van der Waals surface area (Å²) in [5.41, 5.74) is -1.25. The molecule has 7 heteroatoms. The molecule has 1 aromatic carbocycles. The van der Waals surface area contributed by atoms with E-state index in [1.54, 1.807) is 12.1 Å². The Morgan fingerprint density at radius 2 is 1.46 bits per heavy atom. The molecule has 0 heterocycles. The highest BCUT2D eigenvalue weighted by Gasteiger charge is 2.53. The van der Waals surface area contributed by atoms with E-state index in [4.69, 9.17) is 0 Å². The number of fused-ring (bicyclic) bond motifs is 1. The molecular formula is C17H18Br2O5. The predicted octanol–water partition coefficient (Wildman–Crippen LogP) is 4.14. The van der Waals surface area contributed by atoms with Crippen LogP contribution in [0.5, 0.6) is 0 Å². The van der Waals surface area contributed by atoms with Crippen molar-refractivity contribution in [1.29, 1.82) is 0 Å². The Labute approximate surface area is 157 Å². The first-order valence-electron chi connectivity index (χ1n) is 7.07. The number of hydrogen-bond acceptors (Lipinski definition) is 5. The van der Waals surface area contributed by atoms with Crippen molar-refractivity contribution < 1.29 is 23.9 Å². The molecule has 130 valence electrons. The minimum Gasteiger partial charge on any atom is -0.462 e. The molecule has 24 heavy (non-hydrogen) atoms. The highest BCUT2D eigenvalue weighted by atomic mass is 79.9. The van der Waals surface area contributed by atoms with Gasteiger partial charge in [-0.1, -0.05) is 0 Å². The predicted molar refractivity (Wildman–Crippen MR) is 96.2 cm³/mol. The van der Waals surface area contributed by atoms with Gasteiger partial charge in [0, 0.05) is 20.1 Å². The molecule has 0 atom stereocenters. The van der Waals surface area contributed by atoms with E-state index >= 15 is 0 Å². The minimum absolute atomic E-state index is 0.308. The zero-order valence-corrected chi connectivity index (χ0v) is 17.2. The summed E-state index contributed by atoms with van der Waals surface area (Å²) in [4.78, 5) is 45.5. The first kappa shape index (κ1) is 20.7. The highest BCUT2D eigenvalue weighted by Crippen LogP contribution is 2.40. The second-order valence-corrected chi connectivity index (χ2v) is 8.19. The number of carbonyl (C=O) groups is 4. The summed E-state index contributed by atoms with van der Waals surface area (Å²) < 4.78 is 5.92. The molecule has 0 radical (unpaired) electrons. The summed E-state index contributed by atoms with van der Waals surface area (Å²) in [5.74, 6) is -1.26. The molecular weight excluding hydrogens is 444 g/mol. The normalized spacial score (nSPS) is 15.3. The second-order valence-electron chi connectivity index (χ2n) is 6.48. The van der Waals surface area contributed by atoms with Crippen molar-refractivity contribution in [1.82, 2.24) is 0 Å². The van der Waals surface area contributed by atoms with Gasteiger partial charge in [0.05, 0.1) is 0 Å². The lowest BCUT2D eigenvalue weighted by molar-refractivity contribution is -0.138. The molecule has 0 spiro atoms. The SMILES string of the molecule is CC(=O)C1(C)C(=O)c2cc(Br)c(Br)cc2C1=O.CC(C)(C)OC=O. The first-order valence-corrected chi connectivity index (χ1v) is 8.66. The maximum Gasteiger partial charge on any atom is 0.293 e. The van der Waals surface area contributed by atoms with Crippen LogP contribution in [-0.4, -0.2) is 29.4 Å². The van der Waals surface area contributed by atoms with E-state index in [9.17, 15) is 19.2 Å². The Bertz CT molecular complexity index is 675. The van der Waals surface area contributed by atoms with Crippen LogP contribution >= 0.6 is 31.9 Å². The van der Waals surface area contributed by atoms with Crippen molar-refractivity contribution in [2.75, 3.05) is 0 Å². The van der Waals surface area contributed by atoms with Gasteiger partial charge in [-0.15, -0.1) is 0 Å². The van der Waals surface area contributed by atoms with E-state index in [0.717, 1.165) is 0 Å². The fourth-order valence-corrected chi connectivity index (χ4v) is 2.72. The molecule has 5 nitrogen and oxygen atoms in total. The Morgan fingerprint density at radius 3 is 1.67 bits per heavy atom. The van der Waals surface area contributed by atoms with Gasteiger partial charge in [-0.2, -0.15) is 0 Å². The van der Waals surface area contributed by atoms with Crippen LogP contribution in [0.4, 0.5) is 0 Å². The summed E-state index contributed by atoms with van der Waals surface area (Å²) in [6.07, 6.45) is 0. The summed E-state index contributed by atoms with van der Waals surface area (Å²) in [5, 5.41) is 0. The van der Waals surface area contributed by atoms with Crippen molar-refractivity contribution in [3.8, 4) is 0 Å². The molecule has 1 aliphatic rings. The molecule has 1 aliphatic carbocycles. The lowest BCUT2D eigenvalue weighted by Crippen LogP contribution is -2.37. The van der Waals surface area contributed by atoms with Crippen molar-refractivity contribution in [2.24, 2.45) is 5.41 Å². The van der Waals surface area contributed by atoms with E-state index < -0.39 is 22.8 Å². The van der Waals surface area contributed by atoms with E-state index in [1.807, 2.05) is 20.8 Å². The van der Waals surface area contributed by atoms with Crippen molar-refractivity contribution in [3.63, 3.8) is 0 Å². The molecule has 0 aliphatic heterocycles. The number of benzene rings is 1. The van der Waals surface area contributed by atoms with E-state index in [1.165, 1.54) is 13.8 Å². The molecule has 1 aromatic rings. The van der Waals surface area contributed by atoms with Crippen LogP contribution < -0.4 is 0 Å². The van der Waals surface area contributed by atoms with Gasteiger partial charge in [0.1, 0.15) is 5.60 Å². The number of rotatable bonds is 2. The Balaban J connectivity index is 0.000000351. The van der Waals surface area contributed by atoms with Crippen LogP contribution in [0, 0.1) is 5.41 Å². The molecule has 2 rings (SSSR count). The van der Waals surface area contributed by atoms with Crippen LogP contribution in [0.3, 0.4) is 0 Å². The Hall–Kier alpha value is -1.34. The average molecular weight is 462 g/mol. The van der Waals surface area contributed by atoms with Crippen molar-refractivity contribution in [3.05, 3.63) is 32.2 Å². The fraction of sp³-hybridized carbons (Fsp3) is 0.412. The molecule has 0 unspecified atom stereocenters. The summed E-state index contributed by atoms with van der Waals surface area (Å²) >= 11 is 6.55. The zero-order chi connectivity index (χ0) is 18.9. The van der Waals surface area contributed by atoms with Gasteiger partial charge in [-0.05, 0) is 78.6 Å². The molecule has 0 N–H and O–H groups in total. The third-order valence-corrected chi connectivity index (χ3v) is 5.41. The molecule has 0 fully saturated rings. The van der Waals surface area contributed by atoms with Gasteiger partial charge in [-0.25, -0.2) is 0 Å². The molecule has 0 saturated heterocycles. The van der Waals surface area contributed by atoms with Gasteiger partial charge < -0.3 is 4.74 Å². The van der Waals surface area contributed by atoms with Gasteiger partial charge in [0.2, 0.25) is 0 Å². The smallest absolute Gasteiger partial charge is 0.293 e. The topological polar surface area (TPSA) is 77.5 Å². The fourth-order valence-electron chi connectivity index (χ4n) is 2.03.